The average Bonchev–Trinajstić information content (AvgIpc) is 3.28. The third kappa shape index (κ3) is 6.00. The first-order valence-electron chi connectivity index (χ1n) is 11.2. The van der Waals surface area contributed by atoms with Crippen LogP contribution in [0, 0.1) is 11.7 Å². The van der Waals surface area contributed by atoms with E-state index < -0.39 is 40.0 Å². The van der Waals surface area contributed by atoms with Crippen LogP contribution >= 0.6 is 22.9 Å². The van der Waals surface area contributed by atoms with E-state index in [0.29, 0.717) is 5.01 Å². The second-order valence-corrected chi connectivity index (χ2v) is 12.2. The molecule has 9 nitrogen and oxygen atoms in total. The van der Waals surface area contributed by atoms with E-state index in [0.717, 1.165) is 40.9 Å². The summed E-state index contributed by atoms with van der Waals surface area (Å²) in [6, 6.07) is 2.06. The maximum Gasteiger partial charge on any atom is 0.303 e. The SMILES string of the molecule is CN1[C@H](C(=O)Nc2ccc(F)c(Cl)c2)C[C@H](c2ncc(C3CCC(CC(=O)O)CC3)s2)NS1(=O)=O. The van der Waals surface area contributed by atoms with Crippen LogP contribution in [0.2, 0.25) is 5.02 Å². The highest BCUT2D eigenvalue weighted by Gasteiger charge is 2.42. The number of likely N-dealkylation sites (N-methyl/N-ethyl adjacent to an activating group) is 1. The fraction of sp³-hybridized carbons (Fsp3) is 0.500. The molecule has 2 atom stereocenters. The van der Waals surface area contributed by atoms with Crippen LogP contribution in [0.4, 0.5) is 10.1 Å². The van der Waals surface area contributed by atoms with E-state index in [-0.39, 0.29) is 35.4 Å². The zero-order valence-corrected chi connectivity index (χ0v) is 21.3. The lowest BCUT2D eigenvalue weighted by molar-refractivity contribution is -0.138. The molecule has 0 radical (unpaired) electrons. The van der Waals surface area contributed by atoms with Crippen molar-refractivity contribution in [1.29, 1.82) is 0 Å². The van der Waals surface area contributed by atoms with Crippen LogP contribution in [0.15, 0.2) is 24.4 Å². The zero-order valence-electron chi connectivity index (χ0n) is 18.9. The van der Waals surface area contributed by atoms with Gasteiger partial charge in [0.2, 0.25) is 5.91 Å². The van der Waals surface area contributed by atoms with Crippen molar-refractivity contribution in [1.82, 2.24) is 14.0 Å². The first-order chi connectivity index (χ1) is 16.5. The summed E-state index contributed by atoms with van der Waals surface area (Å²) >= 11 is 7.20. The first-order valence-corrected chi connectivity index (χ1v) is 13.9. The minimum absolute atomic E-state index is 0.153. The Balaban J connectivity index is 1.46. The molecular formula is C22H26ClFN4O5S2. The number of hydrogen-bond donors (Lipinski definition) is 3. The molecule has 1 amide bonds. The molecule has 0 bridgehead atoms. The molecule has 1 aliphatic heterocycles. The van der Waals surface area contributed by atoms with Gasteiger partial charge in [-0.3, -0.25) is 9.59 Å². The van der Waals surface area contributed by atoms with Crippen molar-refractivity contribution in [2.24, 2.45) is 5.92 Å². The van der Waals surface area contributed by atoms with Gasteiger partial charge in [-0.15, -0.1) is 11.3 Å². The third-order valence-corrected chi connectivity index (χ3v) is 9.77. The summed E-state index contributed by atoms with van der Waals surface area (Å²) in [6.45, 7) is 0. The van der Waals surface area contributed by atoms with Crippen molar-refractivity contribution in [3.05, 3.63) is 45.1 Å². The van der Waals surface area contributed by atoms with E-state index in [4.69, 9.17) is 16.7 Å². The fourth-order valence-electron chi connectivity index (χ4n) is 4.62. The minimum Gasteiger partial charge on any atom is -0.481 e. The van der Waals surface area contributed by atoms with Crippen LogP contribution in [0.25, 0.3) is 0 Å². The Hall–Kier alpha value is -2.12. The molecule has 2 aromatic rings. The number of nitrogens with one attached hydrogen (secondary N) is 2. The summed E-state index contributed by atoms with van der Waals surface area (Å²) in [4.78, 5) is 29.4. The van der Waals surface area contributed by atoms with Gasteiger partial charge in [-0.1, -0.05) is 11.6 Å². The molecule has 13 heteroatoms. The van der Waals surface area contributed by atoms with E-state index >= 15 is 0 Å². The molecule has 190 valence electrons. The monoisotopic (exact) mass is 544 g/mol. The molecule has 1 saturated heterocycles. The lowest BCUT2D eigenvalue weighted by atomic mass is 9.80. The number of carboxylic acids is 1. The summed E-state index contributed by atoms with van der Waals surface area (Å²) in [5.74, 6) is -1.51. The summed E-state index contributed by atoms with van der Waals surface area (Å²) in [5, 5.41) is 12.0. The summed E-state index contributed by atoms with van der Waals surface area (Å²) in [5.41, 5.74) is 0.261. The highest BCUT2D eigenvalue weighted by molar-refractivity contribution is 7.87. The van der Waals surface area contributed by atoms with Crippen molar-refractivity contribution >= 4 is 50.7 Å². The Kier molecular flexibility index (Phi) is 7.77. The molecule has 1 saturated carbocycles. The number of aromatic nitrogens is 1. The van der Waals surface area contributed by atoms with E-state index in [1.54, 1.807) is 6.20 Å². The Bertz CT molecular complexity index is 1220. The van der Waals surface area contributed by atoms with Gasteiger partial charge in [0, 0.05) is 30.2 Å². The number of nitrogens with zero attached hydrogens (tertiary/aromatic N) is 2. The number of aliphatic carboxylic acids is 1. The van der Waals surface area contributed by atoms with Gasteiger partial charge in [0.1, 0.15) is 16.9 Å². The summed E-state index contributed by atoms with van der Waals surface area (Å²) in [7, 11) is -2.62. The number of carbonyl (C=O) groups is 2. The predicted octanol–water partition coefficient (Wildman–Crippen LogP) is 3.90. The molecule has 1 aromatic heterocycles. The maximum atomic E-state index is 13.4. The van der Waals surface area contributed by atoms with Gasteiger partial charge in [0.25, 0.3) is 10.2 Å². The highest BCUT2D eigenvalue weighted by Crippen LogP contribution is 2.41. The molecule has 2 aliphatic rings. The predicted molar refractivity (Wildman–Crippen MR) is 130 cm³/mol. The highest BCUT2D eigenvalue weighted by atomic mass is 35.5. The van der Waals surface area contributed by atoms with Crippen LogP contribution in [0.1, 0.15) is 60.4 Å². The maximum absolute atomic E-state index is 13.4. The van der Waals surface area contributed by atoms with Crippen molar-refractivity contribution in [3.63, 3.8) is 0 Å². The Morgan fingerprint density at radius 1 is 1.31 bits per heavy atom. The molecule has 0 unspecified atom stereocenters. The standard InChI is InChI=1S/C22H26ClFN4O5S2/c1-28-18(21(31)26-14-6-7-16(24)15(23)9-14)10-17(27-35(28,32)33)22-25-11-19(34-22)13-4-2-12(3-5-13)8-20(29)30/h6-7,9,11-13,17-18,27H,2-5,8,10H2,1H3,(H,26,31)(H,29,30)/t12?,13?,17-,18+/m1/s1. The van der Waals surface area contributed by atoms with Crippen molar-refractivity contribution in [2.45, 2.75) is 56.5 Å². The Morgan fingerprint density at radius 3 is 2.69 bits per heavy atom. The average molecular weight is 545 g/mol. The van der Waals surface area contributed by atoms with Gasteiger partial charge >= 0.3 is 5.97 Å². The number of carbonyl (C=O) groups excluding carboxylic acids is 1. The van der Waals surface area contributed by atoms with Crippen molar-refractivity contribution in [3.8, 4) is 0 Å². The minimum atomic E-state index is -3.95. The van der Waals surface area contributed by atoms with Crippen LogP contribution in [0.5, 0.6) is 0 Å². The van der Waals surface area contributed by atoms with Crippen LogP contribution < -0.4 is 10.0 Å². The number of rotatable bonds is 6. The molecule has 4 rings (SSSR count). The molecule has 3 N–H and O–H groups in total. The molecule has 2 fully saturated rings. The quantitative estimate of drug-likeness (QED) is 0.506. The first kappa shape index (κ1) is 26.0. The van der Waals surface area contributed by atoms with Crippen molar-refractivity contribution in [2.75, 3.05) is 12.4 Å². The zero-order chi connectivity index (χ0) is 25.3. The van der Waals surface area contributed by atoms with E-state index in [9.17, 15) is 22.4 Å². The van der Waals surface area contributed by atoms with E-state index in [1.165, 1.54) is 30.5 Å². The molecule has 35 heavy (non-hydrogen) atoms. The summed E-state index contributed by atoms with van der Waals surface area (Å²) in [6.07, 6.45) is 5.50. The van der Waals surface area contributed by atoms with E-state index in [2.05, 4.69) is 15.0 Å². The lowest BCUT2D eigenvalue weighted by Crippen LogP contribution is -2.55. The number of benzene rings is 1. The van der Waals surface area contributed by atoms with Gasteiger partial charge < -0.3 is 10.4 Å². The van der Waals surface area contributed by atoms with Crippen molar-refractivity contribution < 1.29 is 27.5 Å². The third-order valence-electron chi connectivity index (χ3n) is 6.61. The normalized spacial score (nSPS) is 26.8. The van der Waals surface area contributed by atoms with Gasteiger partial charge in [-0.05, 0) is 62.1 Å². The van der Waals surface area contributed by atoms with Crippen LogP contribution in [-0.2, 0) is 19.8 Å². The number of anilines is 1. The number of thiazole rings is 1. The number of hydrogen-bond acceptors (Lipinski definition) is 6. The molecule has 1 aromatic carbocycles. The Morgan fingerprint density at radius 2 is 2.03 bits per heavy atom. The number of amides is 1. The number of carboxylic acid groups (broad SMARTS) is 1. The van der Waals surface area contributed by atoms with Gasteiger partial charge in [-0.2, -0.15) is 17.4 Å². The van der Waals surface area contributed by atoms with Gasteiger partial charge in [-0.25, -0.2) is 9.37 Å². The molecule has 1 aliphatic carbocycles. The van der Waals surface area contributed by atoms with Crippen LogP contribution in [0.3, 0.4) is 0 Å². The Labute approximate surface area is 211 Å². The molecular weight excluding hydrogens is 519 g/mol. The number of halogens is 2. The fourth-order valence-corrected chi connectivity index (χ4v) is 7.28. The topological polar surface area (TPSA) is 129 Å². The smallest absolute Gasteiger partial charge is 0.303 e. The molecule has 0 spiro atoms. The second kappa shape index (κ2) is 10.5. The van der Waals surface area contributed by atoms with Gasteiger partial charge in [0.05, 0.1) is 11.1 Å². The van der Waals surface area contributed by atoms with Gasteiger partial charge in [0.15, 0.2) is 0 Å². The van der Waals surface area contributed by atoms with E-state index in [1.807, 2.05) is 0 Å². The molecule has 2 heterocycles. The van der Waals surface area contributed by atoms with Crippen LogP contribution in [-0.4, -0.2) is 47.8 Å². The summed E-state index contributed by atoms with van der Waals surface area (Å²) < 4.78 is 42.5. The second-order valence-electron chi connectivity index (χ2n) is 8.98. The lowest BCUT2D eigenvalue weighted by Gasteiger charge is -2.35. The largest absolute Gasteiger partial charge is 0.481 e.